The molecule has 1 fully saturated rings. The molecule has 2 N–H and O–H groups in total. The van der Waals surface area contributed by atoms with Crippen LogP contribution in [-0.2, 0) is 0 Å². The quantitative estimate of drug-likeness (QED) is 0.733. The number of likely N-dealkylation sites (N-methyl/N-ethyl adjacent to an activating group) is 1. The van der Waals surface area contributed by atoms with Gasteiger partial charge in [0.15, 0.2) is 0 Å². The highest BCUT2D eigenvalue weighted by Gasteiger charge is 2.42. The van der Waals surface area contributed by atoms with Crippen molar-refractivity contribution in [3.05, 3.63) is 0 Å². The van der Waals surface area contributed by atoms with E-state index >= 15 is 0 Å². The summed E-state index contributed by atoms with van der Waals surface area (Å²) < 4.78 is 0. The van der Waals surface area contributed by atoms with Gasteiger partial charge in [-0.05, 0) is 32.4 Å². The largest absolute Gasteiger partial charge is 0.326 e. The molecule has 1 aliphatic rings. The fourth-order valence-electron chi connectivity index (χ4n) is 3.34. The van der Waals surface area contributed by atoms with E-state index < -0.39 is 0 Å². The fourth-order valence-corrected chi connectivity index (χ4v) is 3.34. The lowest BCUT2D eigenvalue weighted by Crippen LogP contribution is -2.58. The zero-order valence-corrected chi connectivity index (χ0v) is 10.8. The predicted molar refractivity (Wildman–Crippen MR) is 67.0 cm³/mol. The van der Waals surface area contributed by atoms with E-state index in [-0.39, 0.29) is 0 Å². The number of nitrogens with zero attached hydrogens (tertiary/aromatic N) is 1. The van der Waals surface area contributed by atoms with E-state index in [4.69, 9.17) is 5.73 Å². The maximum atomic E-state index is 6.43. The SMILES string of the molecule is CCCC(N)C1(N(CC)CC)CCCC1. The van der Waals surface area contributed by atoms with Gasteiger partial charge in [0, 0.05) is 11.6 Å². The molecule has 0 amide bonds. The van der Waals surface area contributed by atoms with E-state index in [1.165, 1.54) is 38.5 Å². The van der Waals surface area contributed by atoms with Gasteiger partial charge in [0.1, 0.15) is 0 Å². The third kappa shape index (κ3) is 2.54. The predicted octanol–water partition coefficient (Wildman–Crippen LogP) is 2.77. The minimum absolute atomic E-state index is 0.333. The Balaban J connectivity index is 2.76. The number of rotatable bonds is 6. The molecule has 1 unspecified atom stereocenters. The molecule has 0 radical (unpaired) electrons. The van der Waals surface area contributed by atoms with Crippen molar-refractivity contribution in [3.8, 4) is 0 Å². The van der Waals surface area contributed by atoms with Crippen molar-refractivity contribution < 1.29 is 0 Å². The van der Waals surface area contributed by atoms with E-state index in [2.05, 4.69) is 25.7 Å². The van der Waals surface area contributed by atoms with Crippen molar-refractivity contribution in [2.45, 2.75) is 70.9 Å². The van der Waals surface area contributed by atoms with Crippen LogP contribution in [0.4, 0.5) is 0 Å². The summed E-state index contributed by atoms with van der Waals surface area (Å²) in [6, 6.07) is 0.380. The third-order valence-corrected chi connectivity index (χ3v) is 4.15. The van der Waals surface area contributed by atoms with Crippen LogP contribution in [0.5, 0.6) is 0 Å². The average Bonchev–Trinajstić information content (AvgIpc) is 2.70. The number of hydrogen-bond donors (Lipinski definition) is 1. The second-order valence-electron chi connectivity index (χ2n) is 4.88. The van der Waals surface area contributed by atoms with Gasteiger partial charge in [0.25, 0.3) is 0 Å². The summed E-state index contributed by atoms with van der Waals surface area (Å²) in [6.45, 7) is 9.07. The first kappa shape index (κ1) is 13.0. The average molecular weight is 212 g/mol. The maximum Gasteiger partial charge on any atom is 0.0360 e. The Morgan fingerprint density at radius 1 is 1.13 bits per heavy atom. The van der Waals surface area contributed by atoms with Gasteiger partial charge in [-0.3, -0.25) is 4.90 Å². The molecule has 0 bridgehead atoms. The van der Waals surface area contributed by atoms with Crippen molar-refractivity contribution in [3.63, 3.8) is 0 Å². The lowest BCUT2D eigenvalue weighted by molar-refractivity contribution is 0.0739. The Kier molecular flexibility index (Phi) is 5.07. The normalized spacial score (nSPS) is 22.2. The molecule has 1 saturated carbocycles. The van der Waals surface area contributed by atoms with Crippen molar-refractivity contribution in [1.29, 1.82) is 0 Å². The van der Waals surface area contributed by atoms with Crippen LogP contribution >= 0.6 is 0 Å². The number of nitrogens with two attached hydrogens (primary N) is 1. The summed E-state index contributed by atoms with van der Waals surface area (Å²) in [5.41, 5.74) is 6.77. The molecule has 90 valence electrons. The van der Waals surface area contributed by atoms with Gasteiger partial charge in [0.2, 0.25) is 0 Å². The Labute approximate surface area is 95.2 Å². The minimum atomic E-state index is 0.333. The lowest BCUT2D eigenvalue weighted by Gasteiger charge is -2.45. The van der Waals surface area contributed by atoms with Gasteiger partial charge < -0.3 is 5.73 Å². The fraction of sp³-hybridized carbons (Fsp3) is 1.00. The van der Waals surface area contributed by atoms with Gasteiger partial charge in [-0.15, -0.1) is 0 Å². The Morgan fingerprint density at radius 2 is 1.67 bits per heavy atom. The first-order chi connectivity index (χ1) is 7.21. The second-order valence-corrected chi connectivity index (χ2v) is 4.88. The highest BCUT2D eigenvalue weighted by molar-refractivity contribution is 5.01. The van der Waals surface area contributed by atoms with Crippen molar-refractivity contribution >= 4 is 0 Å². The first-order valence-corrected chi connectivity index (χ1v) is 6.71. The second kappa shape index (κ2) is 5.86. The van der Waals surface area contributed by atoms with E-state index in [0.29, 0.717) is 11.6 Å². The molecular weight excluding hydrogens is 184 g/mol. The van der Waals surface area contributed by atoms with Crippen molar-refractivity contribution in [1.82, 2.24) is 4.90 Å². The zero-order valence-electron chi connectivity index (χ0n) is 10.8. The van der Waals surface area contributed by atoms with Crippen LogP contribution in [0, 0.1) is 0 Å². The van der Waals surface area contributed by atoms with Gasteiger partial charge in [-0.2, -0.15) is 0 Å². The smallest absolute Gasteiger partial charge is 0.0360 e. The topological polar surface area (TPSA) is 29.3 Å². The third-order valence-electron chi connectivity index (χ3n) is 4.15. The van der Waals surface area contributed by atoms with Crippen LogP contribution in [0.15, 0.2) is 0 Å². The highest BCUT2D eigenvalue weighted by atomic mass is 15.2. The molecule has 0 spiro atoms. The molecule has 1 rings (SSSR count). The van der Waals surface area contributed by atoms with E-state index in [0.717, 1.165) is 13.1 Å². The Morgan fingerprint density at radius 3 is 2.07 bits per heavy atom. The Bertz CT molecular complexity index is 169. The van der Waals surface area contributed by atoms with Crippen LogP contribution in [0.25, 0.3) is 0 Å². The van der Waals surface area contributed by atoms with Crippen LogP contribution < -0.4 is 5.73 Å². The molecular formula is C13H28N2. The van der Waals surface area contributed by atoms with Crippen LogP contribution in [-0.4, -0.2) is 29.6 Å². The summed E-state index contributed by atoms with van der Waals surface area (Å²) in [6.07, 6.45) is 7.76. The maximum absolute atomic E-state index is 6.43. The summed E-state index contributed by atoms with van der Waals surface area (Å²) in [5, 5.41) is 0. The highest BCUT2D eigenvalue weighted by Crippen LogP contribution is 2.38. The van der Waals surface area contributed by atoms with Gasteiger partial charge in [-0.25, -0.2) is 0 Å². The zero-order chi connectivity index (χ0) is 11.3. The van der Waals surface area contributed by atoms with Crippen LogP contribution in [0.2, 0.25) is 0 Å². The standard InChI is InChI=1S/C13H28N2/c1-4-9-12(14)13(10-7-8-11-13)15(5-2)6-3/h12H,4-11,14H2,1-3H3. The van der Waals surface area contributed by atoms with Crippen LogP contribution in [0.3, 0.4) is 0 Å². The van der Waals surface area contributed by atoms with Gasteiger partial charge in [-0.1, -0.05) is 40.0 Å². The first-order valence-electron chi connectivity index (χ1n) is 6.71. The molecule has 0 aliphatic heterocycles. The summed E-state index contributed by atoms with van der Waals surface area (Å²) in [5.74, 6) is 0. The van der Waals surface area contributed by atoms with E-state index in [1.807, 2.05) is 0 Å². The molecule has 2 heteroatoms. The minimum Gasteiger partial charge on any atom is -0.326 e. The molecule has 1 aliphatic carbocycles. The Hall–Kier alpha value is -0.0800. The van der Waals surface area contributed by atoms with Gasteiger partial charge in [0.05, 0.1) is 0 Å². The summed E-state index contributed by atoms with van der Waals surface area (Å²) in [7, 11) is 0. The molecule has 0 aromatic rings. The molecule has 1 atom stereocenters. The summed E-state index contributed by atoms with van der Waals surface area (Å²) in [4.78, 5) is 2.61. The van der Waals surface area contributed by atoms with Crippen molar-refractivity contribution in [2.75, 3.05) is 13.1 Å². The molecule has 0 aromatic heterocycles. The van der Waals surface area contributed by atoms with E-state index in [9.17, 15) is 0 Å². The molecule has 15 heavy (non-hydrogen) atoms. The van der Waals surface area contributed by atoms with Crippen LogP contribution in [0.1, 0.15) is 59.3 Å². The van der Waals surface area contributed by atoms with Gasteiger partial charge >= 0.3 is 0 Å². The molecule has 0 aromatic carbocycles. The summed E-state index contributed by atoms with van der Waals surface area (Å²) >= 11 is 0. The van der Waals surface area contributed by atoms with Crippen molar-refractivity contribution in [2.24, 2.45) is 5.73 Å². The lowest BCUT2D eigenvalue weighted by atomic mass is 9.84. The molecule has 0 heterocycles. The number of hydrogen-bond acceptors (Lipinski definition) is 2. The monoisotopic (exact) mass is 212 g/mol. The molecule has 2 nitrogen and oxygen atoms in total. The molecule has 0 saturated heterocycles. The van der Waals surface area contributed by atoms with E-state index in [1.54, 1.807) is 0 Å².